The molecular formula is C43H45ClN6O4. The van der Waals surface area contributed by atoms with Crippen molar-refractivity contribution in [3.8, 4) is 17.0 Å². The van der Waals surface area contributed by atoms with Gasteiger partial charge in [0, 0.05) is 85.6 Å². The molecule has 54 heavy (non-hydrogen) atoms. The number of morpholine rings is 1. The first-order chi connectivity index (χ1) is 26.2. The lowest BCUT2D eigenvalue weighted by Crippen LogP contribution is -2.42. The van der Waals surface area contributed by atoms with Crippen LogP contribution in [-0.2, 0) is 30.7 Å². The van der Waals surface area contributed by atoms with Gasteiger partial charge in [-0.3, -0.25) is 19.4 Å². The number of hydrogen-bond acceptors (Lipinski definition) is 7. The van der Waals surface area contributed by atoms with E-state index in [2.05, 4.69) is 39.5 Å². The zero-order valence-corrected chi connectivity index (χ0v) is 31.7. The van der Waals surface area contributed by atoms with E-state index in [9.17, 15) is 9.90 Å². The van der Waals surface area contributed by atoms with Crippen LogP contribution in [0.1, 0.15) is 50.0 Å². The zero-order valence-electron chi connectivity index (χ0n) is 31.0. The van der Waals surface area contributed by atoms with Crippen molar-refractivity contribution in [3.63, 3.8) is 0 Å². The zero-order chi connectivity index (χ0) is 37.5. The summed E-state index contributed by atoms with van der Waals surface area (Å²) >= 11 is 6.73. The van der Waals surface area contributed by atoms with Gasteiger partial charge in [0.05, 0.1) is 30.7 Å². The summed E-state index contributed by atoms with van der Waals surface area (Å²) < 4.78 is 7.78. The number of carbonyl (C=O) groups excluding carboxylic acids is 2. The Labute approximate surface area is 321 Å². The molecule has 1 fully saturated rings. The number of hydrogen-bond donors (Lipinski definition) is 1. The first kappa shape index (κ1) is 35.8. The molecule has 3 aliphatic heterocycles. The summed E-state index contributed by atoms with van der Waals surface area (Å²) in [4.78, 5) is 42.6. The maximum absolute atomic E-state index is 15.1. The number of fused-ring (bicyclic) bond motifs is 2. The largest absolute Gasteiger partial charge is 0.508 e. The minimum Gasteiger partial charge on any atom is -0.508 e. The molecule has 0 unspecified atom stereocenters. The molecule has 1 atom stereocenters. The van der Waals surface area contributed by atoms with Crippen LogP contribution < -0.4 is 9.80 Å². The topological polar surface area (TPSA) is 94.4 Å². The van der Waals surface area contributed by atoms with Gasteiger partial charge in [-0.25, -0.2) is 4.98 Å². The van der Waals surface area contributed by atoms with Crippen LogP contribution in [0.3, 0.4) is 0 Å². The van der Waals surface area contributed by atoms with Crippen molar-refractivity contribution in [1.29, 1.82) is 0 Å². The highest BCUT2D eigenvalue weighted by Gasteiger charge is 2.32. The summed E-state index contributed by atoms with van der Waals surface area (Å²) in [5.74, 6) is 0.704. The molecule has 5 heterocycles. The SMILES string of the molecule is Cc1c(C(=O)N(c2ccc(O)cc2)c2cnc3c(c2)CCN3C)cc(-c2cc(Cl)ccc2C(=O)N2Cc3ccccc3C[C@H]2C)n1CCN1CCOCC1. The highest BCUT2D eigenvalue weighted by Crippen LogP contribution is 2.38. The summed E-state index contributed by atoms with van der Waals surface area (Å²) in [6.07, 6.45) is 3.35. The number of likely N-dealkylation sites (N-methyl/N-ethyl adjacent to an activating group) is 1. The Balaban J connectivity index is 1.23. The monoisotopic (exact) mass is 744 g/mol. The maximum atomic E-state index is 15.1. The Bertz CT molecular complexity index is 2210. The number of phenolic OH excluding ortho intramolecular Hbond substituents is 1. The lowest BCUT2D eigenvalue weighted by atomic mass is 9.93. The van der Waals surface area contributed by atoms with Gasteiger partial charge in [0.2, 0.25) is 0 Å². The highest BCUT2D eigenvalue weighted by molar-refractivity contribution is 6.31. The van der Waals surface area contributed by atoms with Crippen LogP contribution in [0.15, 0.2) is 85.1 Å². The van der Waals surface area contributed by atoms with E-state index in [1.54, 1.807) is 41.4 Å². The number of anilines is 3. The third kappa shape index (κ3) is 6.85. The molecule has 0 radical (unpaired) electrons. The summed E-state index contributed by atoms with van der Waals surface area (Å²) in [7, 11) is 2.02. The summed E-state index contributed by atoms with van der Waals surface area (Å²) in [6, 6.07) is 24.3. The predicted molar refractivity (Wildman–Crippen MR) is 212 cm³/mol. The van der Waals surface area contributed by atoms with Gasteiger partial charge in [-0.05, 0) is 98.0 Å². The van der Waals surface area contributed by atoms with E-state index >= 15 is 4.79 Å². The Hall–Kier alpha value is -5.16. The molecule has 0 bridgehead atoms. The highest BCUT2D eigenvalue weighted by atomic mass is 35.5. The third-order valence-corrected chi connectivity index (χ3v) is 11.4. The smallest absolute Gasteiger partial charge is 0.264 e. The molecule has 3 aliphatic rings. The number of benzene rings is 3. The normalized spacial score (nSPS) is 17.0. The number of amides is 2. The van der Waals surface area contributed by atoms with Crippen LogP contribution in [0.5, 0.6) is 5.75 Å². The van der Waals surface area contributed by atoms with Crippen LogP contribution in [0, 0.1) is 6.92 Å². The van der Waals surface area contributed by atoms with Crippen LogP contribution in [0.2, 0.25) is 5.02 Å². The second-order valence-electron chi connectivity index (χ2n) is 14.6. The lowest BCUT2D eigenvalue weighted by molar-refractivity contribution is 0.0364. The number of aromatic nitrogens is 2. The van der Waals surface area contributed by atoms with E-state index in [1.807, 2.05) is 49.2 Å². The first-order valence-electron chi connectivity index (χ1n) is 18.7. The van der Waals surface area contributed by atoms with Crippen molar-refractivity contribution in [2.45, 2.75) is 45.8 Å². The summed E-state index contributed by atoms with van der Waals surface area (Å²) in [6.45, 7) is 9.78. The quantitative estimate of drug-likeness (QED) is 0.181. The lowest BCUT2D eigenvalue weighted by Gasteiger charge is -2.35. The fraction of sp³-hybridized carbons (Fsp3) is 0.326. The molecule has 2 amide bonds. The van der Waals surface area contributed by atoms with Gasteiger partial charge in [-0.1, -0.05) is 35.9 Å². The Morgan fingerprint density at radius 2 is 1.67 bits per heavy atom. The van der Waals surface area contributed by atoms with Gasteiger partial charge in [0.25, 0.3) is 11.8 Å². The van der Waals surface area contributed by atoms with E-state index in [0.29, 0.717) is 59.4 Å². The molecular weight excluding hydrogens is 700 g/mol. The number of aromatic hydroxyl groups is 1. The molecule has 3 aromatic carbocycles. The molecule has 1 saturated heterocycles. The number of carbonyl (C=O) groups is 2. The number of phenols is 1. The second-order valence-corrected chi connectivity index (χ2v) is 15.0. The Morgan fingerprint density at radius 3 is 2.44 bits per heavy atom. The van der Waals surface area contributed by atoms with Crippen molar-refractivity contribution < 1.29 is 19.4 Å². The van der Waals surface area contributed by atoms with Gasteiger partial charge in [-0.2, -0.15) is 0 Å². The molecule has 11 heteroatoms. The van der Waals surface area contributed by atoms with E-state index in [0.717, 1.165) is 67.4 Å². The number of ether oxygens (including phenoxy) is 1. The number of nitrogens with zero attached hydrogens (tertiary/aromatic N) is 6. The average molecular weight is 745 g/mol. The van der Waals surface area contributed by atoms with Crippen molar-refractivity contribution in [3.05, 3.63) is 124 Å². The molecule has 5 aromatic rings. The molecule has 8 rings (SSSR count). The predicted octanol–water partition coefficient (Wildman–Crippen LogP) is 7.11. The average Bonchev–Trinajstić information content (AvgIpc) is 3.72. The number of rotatable bonds is 8. The van der Waals surface area contributed by atoms with Crippen molar-refractivity contribution in [2.24, 2.45) is 0 Å². The van der Waals surface area contributed by atoms with Crippen molar-refractivity contribution in [2.75, 3.05) is 56.2 Å². The summed E-state index contributed by atoms with van der Waals surface area (Å²) in [5.41, 5.74) is 7.98. The molecule has 0 spiro atoms. The van der Waals surface area contributed by atoms with Crippen LogP contribution in [0.25, 0.3) is 11.3 Å². The van der Waals surface area contributed by atoms with Gasteiger partial charge >= 0.3 is 0 Å². The molecule has 1 N–H and O–H groups in total. The van der Waals surface area contributed by atoms with Crippen molar-refractivity contribution >= 4 is 40.6 Å². The van der Waals surface area contributed by atoms with Crippen LogP contribution in [-0.4, -0.2) is 88.8 Å². The molecule has 2 aromatic heterocycles. The van der Waals surface area contributed by atoms with E-state index in [-0.39, 0.29) is 23.6 Å². The van der Waals surface area contributed by atoms with Gasteiger partial charge in [0.15, 0.2) is 0 Å². The van der Waals surface area contributed by atoms with Crippen LogP contribution >= 0.6 is 11.6 Å². The van der Waals surface area contributed by atoms with E-state index < -0.39 is 0 Å². The fourth-order valence-electron chi connectivity index (χ4n) is 8.10. The fourth-order valence-corrected chi connectivity index (χ4v) is 8.27. The van der Waals surface area contributed by atoms with Gasteiger partial charge in [-0.15, -0.1) is 0 Å². The number of halogens is 1. The Kier molecular flexibility index (Phi) is 9.91. The first-order valence-corrected chi connectivity index (χ1v) is 19.1. The second kappa shape index (κ2) is 14.9. The van der Waals surface area contributed by atoms with E-state index in [4.69, 9.17) is 21.3 Å². The molecule has 0 aliphatic carbocycles. The minimum absolute atomic E-state index is 0.00231. The van der Waals surface area contributed by atoms with E-state index in [1.165, 1.54) is 5.56 Å². The summed E-state index contributed by atoms with van der Waals surface area (Å²) in [5, 5.41) is 10.7. The standard InChI is InChI=1S/C43H45ClN6O4/c1-28-22-30-6-4-5-7-32(30)27-49(28)42(52)37-13-8-33(44)24-39(37)40-25-38(29(2)48(40)17-16-47-18-20-54-21-19-47)43(53)50(34-9-11-36(51)12-10-34)35-23-31-14-15-46(3)41(31)45-26-35/h4-13,23-26,28,51H,14-22,27H2,1-3H3/t28-/m1/s1. The maximum Gasteiger partial charge on any atom is 0.264 e. The van der Waals surface area contributed by atoms with Crippen molar-refractivity contribution in [1.82, 2.24) is 19.4 Å². The molecule has 0 saturated carbocycles. The minimum atomic E-state index is -0.242. The molecule has 278 valence electrons. The number of pyridine rings is 1. The van der Waals surface area contributed by atoms with Gasteiger partial charge in [0.1, 0.15) is 11.6 Å². The third-order valence-electron chi connectivity index (χ3n) is 11.2. The van der Waals surface area contributed by atoms with Crippen LogP contribution in [0.4, 0.5) is 17.2 Å². The molecule has 10 nitrogen and oxygen atoms in total. The van der Waals surface area contributed by atoms with Gasteiger partial charge < -0.3 is 24.2 Å². The Morgan fingerprint density at radius 1 is 0.907 bits per heavy atom.